The Labute approximate surface area is 190 Å². The molecule has 3 heterocycles. The van der Waals surface area contributed by atoms with Gasteiger partial charge in [0.15, 0.2) is 5.82 Å². The molecule has 31 heavy (non-hydrogen) atoms. The molecule has 0 bridgehead atoms. The van der Waals surface area contributed by atoms with E-state index in [0.29, 0.717) is 24.1 Å². The first kappa shape index (κ1) is 22.0. The summed E-state index contributed by atoms with van der Waals surface area (Å²) >= 11 is 2.79. The number of unbranched alkanes of at least 4 members (excludes halogenated alkanes) is 1. The summed E-state index contributed by atoms with van der Waals surface area (Å²) in [4.78, 5) is 22.7. The monoisotopic (exact) mass is 457 g/mol. The second-order valence-electron chi connectivity index (χ2n) is 8.15. The van der Waals surface area contributed by atoms with E-state index in [1.165, 1.54) is 17.3 Å². The highest BCUT2D eigenvalue weighted by Gasteiger charge is 2.31. The van der Waals surface area contributed by atoms with Gasteiger partial charge >= 0.3 is 0 Å². The Morgan fingerprint density at radius 2 is 2.06 bits per heavy atom. The zero-order valence-electron chi connectivity index (χ0n) is 17.9. The summed E-state index contributed by atoms with van der Waals surface area (Å²) < 4.78 is 11.7. The number of carbonyl (C=O) groups excluding carboxylic acids is 1. The summed E-state index contributed by atoms with van der Waals surface area (Å²) in [5.41, 5.74) is 1.76. The molecule has 4 rings (SSSR count). The van der Waals surface area contributed by atoms with Crippen LogP contribution in [-0.4, -0.2) is 33.9 Å². The number of thioether (sulfide) groups is 1. The second-order valence-corrected chi connectivity index (χ2v) is 10.2. The van der Waals surface area contributed by atoms with E-state index in [2.05, 4.69) is 20.8 Å². The highest BCUT2D eigenvalue weighted by molar-refractivity contribution is 8.00. The van der Waals surface area contributed by atoms with Gasteiger partial charge in [0.05, 0.1) is 24.8 Å². The van der Waals surface area contributed by atoms with E-state index in [1.807, 2.05) is 24.3 Å². The standard InChI is InChI=1S/C23H26N2O4S2/c1-4-5-10-28-15-8-6-14(7-9-15)20-24-21(30-13-18(26)27)19-16-11-23(2,3)29-12-17(16)31-22(19)25-20/h6-9H,4-5,10-13H2,1-3H3,(H,26,27)/p-1. The molecule has 0 amide bonds. The second kappa shape index (κ2) is 9.14. The number of nitrogens with zero attached hydrogens (tertiary/aromatic N) is 2. The van der Waals surface area contributed by atoms with E-state index < -0.39 is 5.97 Å². The minimum atomic E-state index is -1.11. The van der Waals surface area contributed by atoms with E-state index in [1.54, 1.807) is 11.3 Å². The Balaban J connectivity index is 1.72. The van der Waals surface area contributed by atoms with E-state index in [-0.39, 0.29) is 11.4 Å². The van der Waals surface area contributed by atoms with Gasteiger partial charge in [0, 0.05) is 28.0 Å². The van der Waals surface area contributed by atoms with Crippen molar-refractivity contribution >= 4 is 39.3 Å². The zero-order chi connectivity index (χ0) is 22.0. The number of benzene rings is 1. The van der Waals surface area contributed by atoms with Gasteiger partial charge in [-0.1, -0.05) is 25.1 Å². The number of thiophene rings is 1. The number of aromatic nitrogens is 2. The molecule has 0 spiro atoms. The molecule has 1 aliphatic rings. The predicted molar refractivity (Wildman–Crippen MR) is 122 cm³/mol. The Morgan fingerprint density at radius 1 is 1.29 bits per heavy atom. The Hall–Kier alpha value is -2.16. The number of hydrogen-bond acceptors (Lipinski definition) is 8. The van der Waals surface area contributed by atoms with Crippen LogP contribution >= 0.6 is 23.1 Å². The van der Waals surface area contributed by atoms with E-state index >= 15 is 0 Å². The first-order valence-corrected chi connectivity index (χ1v) is 12.2. The fourth-order valence-corrected chi connectivity index (χ4v) is 5.44. The number of fused-ring (bicyclic) bond motifs is 3. The highest BCUT2D eigenvalue weighted by Crippen LogP contribution is 2.42. The van der Waals surface area contributed by atoms with Gasteiger partial charge in [0.2, 0.25) is 0 Å². The molecular formula is C23H25N2O4S2-. The van der Waals surface area contributed by atoms with Crippen LogP contribution in [0, 0.1) is 0 Å². The SMILES string of the molecule is CCCCOc1ccc(-c2nc(SCC(=O)[O-])c3c4c(sc3n2)COC(C)(C)C4)cc1. The lowest BCUT2D eigenvalue weighted by Gasteiger charge is -2.30. The fourth-order valence-electron chi connectivity index (χ4n) is 3.51. The van der Waals surface area contributed by atoms with Crippen LogP contribution in [-0.2, 0) is 22.6 Å². The van der Waals surface area contributed by atoms with Crippen LogP contribution < -0.4 is 9.84 Å². The molecule has 0 aliphatic carbocycles. The van der Waals surface area contributed by atoms with Crippen molar-refractivity contribution in [1.29, 1.82) is 0 Å². The third-order valence-electron chi connectivity index (χ3n) is 5.10. The topological polar surface area (TPSA) is 84.4 Å². The molecule has 164 valence electrons. The van der Waals surface area contributed by atoms with Gasteiger partial charge in [-0.2, -0.15) is 0 Å². The van der Waals surface area contributed by atoms with Crippen molar-refractivity contribution in [2.24, 2.45) is 0 Å². The van der Waals surface area contributed by atoms with Crippen LogP contribution in [0.15, 0.2) is 29.3 Å². The molecule has 3 aromatic rings. The Morgan fingerprint density at radius 3 is 2.77 bits per heavy atom. The van der Waals surface area contributed by atoms with Crippen LogP contribution in [0.1, 0.15) is 44.1 Å². The predicted octanol–water partition coefficient (Wildman–Crippen LogP) is 4.23. The van der Waals surface area contributed by atoms with Gasteiger partial charge in [-0.25, -0.2) is 9.97 Å². The molecule has 0 radical (unpaired) electrons. The molecule has 1 aliphatic heterocycles. The molecule has 0 N–H and O–H groups in total. The summed E-state index contributed by atoms with van der Waals surface area (Å²) in [6, 6.07) is 7.72. The number of ether oxygens (including phenoxy) is 2. The van der Waals surface area contributed by atoms with Crippen molar-refractivity contribution in [3.63, 3.8) is 0 Å². The third kappa shape index (κ3) is 5.02. The molecule has 0 fully saturated rings. The van der Waals surface area contributed by atoms with Crippen molar-refractivity contribution in [3.8, 4) is 17.1 Å². The van der Waals surface area contributed by atoms with Gasteiger partial charge in [-0.05, 0) is 50.1 Å². The minimum Gasteiger partial charge on any atom is -0.549 e. The summed E-state index contributed by atoms with van der Waals surface area (Å²) in [5.74, 6) is 0.128. The quantitative estimate of drug-likeness (QED) is 0.284. The highest BCUT2D eigenvalue weighted by atomic mass is 32.2. The van der Waals surface area contributed by atoms with Crippen molar-refractivity contribution in [1.82, 2.24) is 9.97 Å². The van der Waals surface area contributed by atoms with Crippen molar-refractivity contribution in [2.75, 3.05) is 12.4 Å². The molecule has 0 saturated heterocycles. The van der Waals surface area contributed by atoms with Crippen molar-refractivity contribution < 1.29 is 19.4 Å². The van der Waals surface area contributed by atoms with Gasteiger partial charge < -0.3 is 19.4 Å². The molecule has 2 aromatic heterocycles. The largest absolute Gasteiger partial charge is 0.549 e. The molecular weight excluding hydrogens is 432 g/mol. The number of rotatable bonds is 8. The van der Waals surface area contributed by atoms with Crippen LogP contribution in [0.25, 0.3) is 21.6 Å². The maximum atomic E-state index is 11.1. The van der Waals surface area contributed by atoms with E-state index in [0.717, 1.165) is 45.7 Å². The number of carbonyl (C=O) groups is 1. The van der Waals surface area contributed by atoms with Crippen LogP contribution in [0.4, 0.5) is 0 Å². The molecule has 1 aromatic carbocycles. The van der Waals surface area contributed by atoms with Crippen LogP contribution in [0.5, 0.6) is 5.75 Å². The number of aliphatic carboxylic acids is 1. The van der Waals surface area contributed by atoms with Gasteiger partial charge in [0.1, 0.15) is 15.6 Å². The summed E-state index contributed by atoms with van der Waals surface area (Å²) in [6.45, 7) is 7.49. The van der Waals surface area contributed by atoms with Gasteiger partial charge in [0.25, 0.3) is 0 Å². The van der Waals surface area contributed by atoms with Crippen molar-refractivity contribution in [2.45, 2.75) is 57.3 Å². The zero-order valence-corrected chi connectivity index (χ0v) is 19.5. The average molecular weight is 458 g/mol. The number of carboxylic acid groups (broad SMARTS) is 1. The first-order valence-electron chi connectivity index (χ1n) is 10.4. The summed E-state index contributed by atoms with van der Waals surface area (Å²) in [6.07, 6.45) is 2.85. The van der Waals surface area contributed by atoms with Crippen LogP contribution in [0.3, 0.4) is 0 Å². The van der Waals surface area contributed by atoms with Gasteiger partial charge in [-0.3, -0.25) is 0 Å². The molecule has 0 atom stereocenters. The third-order valence-corrected chi connectivity index (χ3v) is 7.15. The van der Waals surface area contributed by atoms with Gasteiger partial charge in [-0.15, -0.1) is 11.3 Å². The van der Waals surface area contributed by atoms with E-state index in [4.69, 9.17) is 19.4 Å². The lowest BCUT2D eigenvalue weighted by Crippen LogP contribution is -2.31. The summed E-state index contributed by atoms with van der Waals surface area (Å²) in [7, 11) is 0. The molecule has 8 heteroatoms. The Bertz CT molecular complexity index is 1090. The van der Waals surface area contributed by atoms with E-state index in [9.17, 15) is 9.90 Å². The number of hydrogen-bond donors (Lipinski definition) is 0. The lowest BCUT2D eigenvalue weighted by atomic mass is 9.94. The first-order chi connectivity index (χ1) is 14.9. The normalized spacial score (nSPS) is 15.1. The fraction of sp³-hybridized carbons (Fsp3) is 0.435. The Kier molecular flexibility index (Phi) is 6.50. The number of carboxylic acids is 1. The maximum absolute atomic E-state index is 11.1. The smallest absolute Gasteiger partial charge is 0.162 e. The minimum absolute atomic E-state index is 0.153. The molecule has 0 unspecified atom stereocenters. The maximum Gasteiger partial charge on any atom is 0.162 e. The van der Waals surface area contributed by atoms with Crippen LogP contribution in [0.2, 0.25) is 0 Å². The summed E-state index contributed by atoms with van der Waals surface area (Å²) in [5, 5.41) is 12.8. The van der Waals surface area contributed by atoms with Crippen molar-refractivity contribution in [3.05, 3.63) is 34.7 Å². The average Bonchev–Trinajstić information content (AvgIpc) is 3.09. The lowest BCUT2D eigenvalue weighted by molar-refractivity contribution is -0.301. The molecule has 6 nitrogen and oxygen atoms in total. The molecule has 0 saturated carbocycles.